The van der Waals surface area contributed by atoms with Crippen LogP contribution in [-0.2, 0) is 17.0 Å². The summed E-state index contributed by atoms with van der Waals surface area (Å²) in [7, 11) is 0. The van der Waals surface area contributed by atoms with Crippen molar-refractivity contribution in [3.8, 4) is 130 Å². The first-order valence-electron chi connectivity index (χ1n) is 48.8. The van der Waals surface area contributed by atoms with Gasteiger partial charge in [0.25, 0.3) is 0 Å². The molecule has 0 amide bonds. The topological polar surface area (TPSA) is 82.7 Å². The highest BCUT2D eigenvalue weighted by molar-refractivity contribution is 6.13. The third-order valence-electron chi connectivity index (χ3n) is 32.6. The van der Waals surface area contributed by atoms with Crippen molar-refractivity contribution < 1.29 is 37.6 Å². The molecule has 0 bridgehead atoms. The highest BCUT2D eigenvalue weighted by atomic mass is 16.5. The lowest BCUT2D eigenvalue weighted by Crippen LogP contribution is -2.76. The van der Waals surface area contributed by atoms with Gasteiger partial charge in [-0.3, -0.25) is 0 Å². The van der Waals surface area contributed by atoms with Gasteiger partial charge < -0.3 is 23.8 Å². The van der Waals surface area contributed by atoms with Crippen LogP contribution in [0.1, 0.15) is 102 Å². The number of para-hydroxylation sites is 5. The van der Waals surface area contributed by atoms with Crippen molar-refractivity contribution in [2.75, 3.05) is 9.80 Å². The molecule has 0 saturated heterocycles. The summed E-state index contributed by atoms with van der Waals surface area (Å²) in [5.74, 6) is 3.52. The minimum Gasteiger partial charge on any atom is -0.453 e. The molecular formula is C123H93N15O2+6. The van der Waals surface area contributed by atoms with Gasteiger partial charge in [0.15, 0.2) is 56.4 Å². The lowest BCUT2D eigenvalue weighted by Gasteiger charge is -2.38. The van der Waals surface area contributed by atoms with Crippen molar-refractivity contribution in [2.24, 2.45) is 0 Å². The first kappa shape index (κ1) is 77.8. The smallest absolute Gasteiger partial charge is 0.453 e. The van der Waals surface area contributed by atoms with E-state index >= 15 is 0 Å². The second-order valence-electron chi connectivity index (χ2n) is 39.7. The van der Waals surface area contributed by atoms with Gasteiger partial charge in [0.1, 0.15) is 45.5 Å². The van der Waals surface area contributed by atoms with Crippen molar-refractivity contribution >= 4 is 55.9 Å². The second-order valence-corrected chi connectivity index (χ2v) is 39.7. The number of fused-ring (bicyclic) bond motifs is 22. The van der Waals surface area contributed by atoms with E-state index in [1.54, 1.807) is 0 Å². The summed E-state index contributed by atoms with van der Waals surface area (Å²) in [6, 6.07) is 126. The molecule has 0 N–H and O–H groups in total. The van der Waals surface area contributed by atoms with E-state index in [0.29, 0.717) is 0 Å². The molecule has 33 rings (SSSR count). The Kier molecular flexibility index (Phi) is 14.8. The number of aromatic nitrogens is 13. The average molecular weight is 1810 g/mol. The molecule has 3 unspecified atom stereocenters. The molecule has 17 nitrogen and oxygen atoms in total. The van der Waals surface area contributed by atoms with Crippen LogP contribution in [0.5, 0.6) is 23.0 Å². The molecule has 666 valence electrons. The summed E-state index contributed by atoms with van der Waals surface area (Å²) < 4.78 is 46.1. The van der Waals surface area contributed by atoms with E-state index in [4.69, 9.17) is 9.47 Å². The van der Waals surface area contributed by atoms with Crippen LogP contribution >= 0.6 is 0 Å². The number of rotatable bonds is 6. The Bertz CT molecular complexity index is 9410. The largest absolute Gasteiger partial charge is 0.466 e. The van der Waals surface area contributed by atoms with Gasteiger partial charge in [0, 0.05) is 70.5 Å². The Hall–Kier alpha value is -17.4. The van der Waals surface area contributed by atoms with Crippen LogP contribution in [0, 0.1) is 83.1 Å². The fourth-order valence-corrected chi connectivity index (χ4v) is 28.0. The summed E-state index contributed by atoms with van der Waals surface area (Å²) in [5, 5.41) is 2.61. The third-order valence-corrected chi connectivity index (χ3v) is 32.6. The van der Waals surface area contributed by atoms with Gasteiger partial charge in [0.2, 0.25) is 34.2 Å². The molecule has 3 atom stereocenters. The van der Waals surface area contributed by atoms with Gasteiger partial charge in [-0.15, -0.1) is 28.1 Å². The average Bonchev–Trinajstić information content (AvgIpc) is 1.47. The normalized spacial score (nSPS) is 16.6. The van der Waals surface area contributed by atoms with Crippen molar-refractivity contribution in [3.63, 3.8) is 0 Å². The van der Waals surface area contributed by atoms with Gasteiger partial charge in [-0.25, -0.2) is 0 Å². The van der Waals surface area contributed by atoms with Gasteiger partial charge >= 0.3 is 17.0 Å². The number of ether oxygens (including phenoxy) is 2. The van der Waals surface area contributed by atoms with E-state index in [9.17, 15) is 0 Å². The third kappa shape index (κ3) is 8.96. The Balaban J connectivity index is 0.0000000968. The monoisotopic (exact) mass is 1810 g/mol. The van der Waals surface area contributed by atoms with Crippen molar-refractivity contribution in [1.82, 2.24) is 32.7 Å². The predicted molar refractivity (Wildman–Crippen MR) is 544 cm³/mol. The molecule has 18 heterocycles. The summed E-state index contributed by atoms with van der Waals surface area (Å²) >= 11 is 0. The van der Waals surface area contributed by atoms with Gasteiger partial charge in [-0.1, -0.05) is 224 Å². The van der Waals surface area contributed by atoms with Crippen LogP contribution < -0.4 is 47.4 Å². The summed E-state index contributed by atoms with van der Waals surface area (Å²) in [6.45, 7) is 27.2. The van der Waals surface area contributed by atoms with Crippen molar-refractivity contribution in [2.45, 2.75) is 100 Å². The van der Waals surface area contributed by atoms with E-state index < -0.39 is 17.0 Å². The van der Waals surface area contributed by atoms with E-state index in [2.05, 4.69) is 499 Å². The molecule has 0 aliphatic carbocycles. The molecule has 140 heavy (non-hydrogen) atoms. The maximum atomic E-state index is 6.70. The van der Waals surface area contributed by atoms with E-state index in [1.165, 1.54) is 241 Å². The Morgan fingerprint density at radius 2 is 0.514 bits per heavy atom. The van der Waals surface area contributed by atoms with Crippen molar-refractivity contribution in [1.29, 1.82) is 0 Å². The number of nitrogens with zero attached hydrogens (tertiary/aromatic N) is 15. The second kappa shape index (κ2) is 26.6. The summed E-state index contributed by atoms with van der Waals surface area (Å²) in [6.07, 6.45) is 0. The molecule has 0 fully saturated rings. The van der Waals surface area contributed by atoms with E-state index in [-0.39, 0.29) is 0 Å². The van der Waals surface area contributed by atoms with Crippen LogP contribution in [0.3, 0.4) is 0 Å². The van der Waals surface area contributed by atoms with Crippen LogP contribution in [0.15, 0.2) is 346 Å². The van der Waals surface area contributed by atoms with E-state index in [1.807, 2.05) is 0 Å². The zero-order valence-electron chi connectivity index (χ0n) is 79.4. The molecule has 0 radical (unpaired) electrons. The minimum atomic E-state index is -0.645. The van der Waals surface area contributed by atoms with E-state index in [0.717, 1.165) is 45.7 Å². The van der Waals surface area contributed by atoms with Gasteiger partial charge in [-0.05, 0) is 223 Å². The highest BCUT2D eigenvalue weighted by Crippen LogP contribution is 2.67. The first-order valence-corrected chi connectivity index (χ1v) is 48.8. The number of aryl methyl sites for hydroxylation is 6. The molecule has 15 aromatic carbocycles. The molecule has 17 heteroatoms. The first-order chi connectivity index (χ1) is 68.5. The molecule has 11 aliphatic heterocycles. The van der Waals surface area contributed by atoms with Crippen LogP contribution in [-0.4, -0.2) is 32.7 Å². The molecule has 0 saturated carbocycles. The minimum absolute atomic E-state index is 0.569. The number of anilines is 6. The Labute approximate surface area is 807 Å². The quantitative estimate of drug-likeness (QED) is 0.155. The number of hydrogen-bond donors (Lipinski definition) is 0. The Morgan fingerprint density at radius 3 is 0.929 bits per heavy atom. The Morgan fingerprint density at radius 1 is 0.214 bits per heavy atom. The van der Waals surface area contributed by atoms with Crippen LogP contribution in [0.4, 0.5) is 34.1 Å². The van der Waals surface area contributed by atoms with Gasteiger partial charge in [-0.2, -0.15) is 0 Å². The summed E-state index contributed by atoms with van der Waals surface area (Å²) in [5.41, 5.74) is 53.5. The zero-order valence-corrected chi connectivity index (χ0v) is 79.4. The molecule has 11 aliphatic rings. The molecule has 7 aromatic heterocycles. The SMILES string of the molecule is Cc1cc(C)[n+]2n1-c1ccc3c4c1C21c2c(cccc2-n2c(C)c(-c5ccc(-c6ccccc6)cc5)c(C)[n+]21)N4c1ccccc1O3.Cc1cc(C)[n+]2n1-c1cccc3c1C21c2c(ccc4c2N3c2ccccc2O4)-n2c(C)c(-c3ccc(-c4ccccc4)cc3)c(C)[n+]21.Cc1cc(C)[n+]2n1-c1cccc3c1C21c2c(ccc4c5ccccc5n-3c24)-n2c(C)c(-c3ccc(-c4ccccc4)cc3)c(C)[n+]21. The maximum Gasteiger partial charge on any atom is 0.466 e. The maximum absolute atomic E-state index is 6.70. The number of hydrogen-bond acceptors (Lipinski definition) is 4. The summed E-state index contributed by atoms with van der Waals surface area (Å²) in [4.78, 5) is 4.89. The number of benzene rings is 15. The predicted octanol–water partition coefficient (Wildman–Crippen LogP) is 24.2. The van der Waals surface area contributed by atoms with Crippen molar-refractivity contribution in [3.05, 3.63) is 447 Å². The lowest BCUT2D eigenvalue weighted by molar-refractivity contribution is -1.02. The molecular weight excluding hydrogens is 1720 g/mol. The fraction of sp³-hybridized carbons (Fsp3) is 0.122. The lowest BCUT2D eigenvalue weighted by atomic mass is 9.82. The van der Waals surface area contributed by atoms with Gasteiger partial charge in [0.05, 0.1) is 90.3 Å². The highest BCUT2D eigenvalue weighted by Gasteiger charge is 2.79. The molecule has 22 aromatic rings. The van der Waals surface area contributed by atoms with Crippen LogP contribution in [0.25, 0.3) is 128 Å². The zero-order chi connectivity index (χ0) is 93.3. The molecule has 3 spiro atoms. The standard InChI is InChI=1S/2C41H31N5O.C41H31N5/c1-24-23-25(2)45-41-38-32(42-31-13-8-9-16-35(31)47-36-22-21-34(43(24)45)39(41)40(36)42)14-10-15-33(38)44-26(3)37(27(4)46(41)44)30-19-17-29(18-20-30)28-11-6-5-7-12-28;1-24-23-25(2)45-41-38-32(14-10-15-33(38)43(24)45)42-31-13-8-9-16-35(31)47-36-22-21-34(39(41)40(36)42)44-26(3)37(27(4)46(41)44)30-19-17-29(18-20-30)28-11-6-5-7-12-28;1-24-23-25(2)45-41-38-34(15-10-16-35(38)43(24)45)42-33-14-9-8-13-31(33)32-21-22-36(39(41)40(32)42)44-26(3)37(27(4)46(41)44)30-19-17-29(18-20-30)28-11-6-5-7-12-28/h2*5-23H,1-4H3;5-23H,1-4H3/q3*+2. The van der Waals surface area contributed by atoms with Crippen LogP contribution in [0.2, 0.25) is 0 Å². The fourth-order valence-electron chi connectivity index (χ4n) is 28.0.